The van der Waals surface area contributed by atoms with Crippen LogP contribution in [0.5, 0.6) is 0 Å². The molecule has 0 unspecified atom stereocenters. The van der Waals surface area contributed by atoms with Crippen molar-refractivity contribution in [2.75, 3.05) is 18.1 Å². The maximum Gasteiger partial charge on any atom is 0.416 e. The lowest BCUT2D eigenvalue weighted by atomic mass is 9.99. The van der Waals surface area contributed by atoms with Gasteiger partial charge in [0.05, 0.1) is 27.8 Å². The van der Waals surface area contributed by atoms with Crippen molar-refractivity contribution in [2.24, 2.45) is 5.92 Å². The standard InChI is InChI=1S/C18H16F3N3O2S2/c19-18(20,21)12-1-2-14-15(7-12)28-17(23-14)24(9-13-8-22-10-27-13)16(25)11-3-5-26-6-4-11/h1-2,7-8,10-11H,3-6,9H2. The molecule has 0 spiro atoms. The number of anilines is 1. The van der Waals surface area contributed by atoms with Crippen molar-refractivity contribution >= 4 is 43.9 Å². The molecule has 0 bridgehead atoms. The van der Waals surface area contributed by atoms with Crippen LogP contribution in [0.25, 0.3) is 10.2 Å². The molecule has 1 amide bonds. The van der Waals surface area contributed by atoms with Crippen molar-refractivity contribution in [2.45, 2.75) is 25.6 Å². The van der Waals surface area contributed by atoms with Crippen LogP contribution in [0.4, 0.5) is 18.3 Å². The van der Waals surface area contributed by atoms with Gasteiger partial charge in [-0.05, 0) is 31.0 Å². The van der Waals surface area contributed by atoms with Gasteiger partial charge >= 0.3 is 6.18 Å². The van der Waals surface area contributed by atoms with Gasteiger partial charge in [-0.1, -0.05) is 11.3 Å². The SMILES string of the molecule is O=C(C1CCOCC1)N(Cc1cncs1)c1nc2ccc(C(F)(F)F)cc2s1. The molecule has 4 rings (SSSR count). The van der Waals surface area contributed by atoms with Gasteiger partial charge in [0, 0.05) is 30.2 Å². The minimum absolute atomic E-state index is 0.0770. The number of hydrogen-bond donors (Lipinski definition) is 0. The van der Waals surface area contributed by atoms with Crippen LogP contribution < -0.4 is 4.90 Å². The molecule has 0 saturated carbocycles. The molecule has 28 heavy (non-hydrogen) atoms. The number of nitrogens with zero attached hydrogens (tertiary/aromatic N) is 3. The number of aromatic nitrogens is 2. The third-order valence-corrected chi connectivity index (χ3v) is 6.37. The molecule has 1 aromatic carbocycles. The molecule has 1 aliphatic rings. The molecule has 0 radical (unpaired) electrons. The summed E-state index contributed by atoms with van der Waals surface area (Å²) in [5.74, 6) is -0.258. The van der Waals surface area contributed by atoms with Gasteiger partial charge in [-0.3, -0.25) is 14.7 Å². The lowest BCUT2D eigenvalue weighted by Crippen LogP contribution is -2.38. The second-order valence-electron chi connectivity index (χ2n) is 6.46. The van der Waals surface area contributed by atoms with E-state index >= 15 is 0 Å². The Hall–Kier alpha value is -2.04. The van der Waals surface area contributed by atoms with Crippen LogP contribution in [-0.2, 0) is 22.3 Å². The van der Waals surface area contributed by atoms with Gasteiger partial charge in [-0.15, -0.1) is 11.3 Å². The van der Waals surface area contributed by atoms with E-state index in [-0.39, 0.29) is 11.8 Å². The molecular formula is C18H16F3N3O2S2. The highest BCUT2D eigenvalue weighted by Gasteiger charge is 2.32. The van der Waals surface area contributed by atoms with Crippen molar-refractivity contribution in [3.63, 3.8) is 0 Å². The van der Waals surface area contributed by atoms with Crippen molar-refractivity contribution in [1.29, 1.82) is 0 Å². The van der Waals surface area contributed by atoms with Crippen LogP contribution in [0.3, 0.4) is 0 Å². The Kier molecular flexibility index (Phi) is 5.35. The lowest BCUT2D eigenvalue weighted by Gasteiger charge is -2.27. The monoisotopic (exact) mass is 427 g/mol. The van der Waals surface area contributed by atoms with E-state index in [1.807, 2.05) is 0 Å². The van der Waals surface area contributed by atoms with Gasteiger partial charge in [-0.25, -0.2) is 4.98 Å². The zero-order valence-electron chi connectivity index (χ0n) is 14.6. The number of carbonyl (C=O) groups is 1. The summed E-state index contributed by atoms with van der Waals surface area (Å²) in [6.45, 7) is 1.35. The first-order valence-corrected chi connectivity index (χ1v) is 10.4. The lowest BCUT2D eigenvalue weighted by molar-refractivity contribution is -0.137. The molecule has 0 N–H and O–H groups in total. The van der Waals surface area contributed by atoms with Gasteiger partial charge in [0.2, 0.25) is 5.91 Å². The maximum atomic E-state index is 13.2. The second kappa shape index (κ2) is 7.76. The zero-order valence-corrected chi connectivity index (χ0v) is 16.2. The van der Waals surface area contributed by atoms with Crippen LogP contribution >= 0.6 is 22.7 Å². The summed E-state index contributed by atoms with van der Waals surface area (Å²) >= 11 is 2.52. The fourth-order valence-electron chi connectivity index (χ4n) is 3.09. The van der Waals surface area contributed by atoms with E-state index in [1.165, 1.54) is 17.4 Å². The molecule has 3 heterocycles. The molecule has 0 aliphatic carbocycles. The zero-order chi connectivity index (χ0) is 19.7. The Bertz CT molecular complexity index is 966. The Morgan fingerprint density at radius 1 is 1.29 bits per heavy atom. The number of rotatable bonds is 4. The van der Waals surface area contributed by atoms with E-state index in [4.69, 9.17) is 4.74 Å². The highest BCUT2D eigenvalue weighted by atomic mass is 32.1. The van der Waals surface area contributed by atoms with Gasteiger partial charge < -0.3 is 4.74 Å². The van der Waals surface area contributed by atoms with Gasteiger partial charge in [0.15, 0.2) is 5.13 Å². The van der Waals surface area contributed by atoms with E-state index in [0.717, 1.165) is 28.3 Å². The Morgan fingerprint density at radius 3 is 2.75 bits per heavy atom. The predicted molar refractivity (Wildman–Crippen MR) is 101 cm³/mol. The van der Waals surface area contributed by atoms with E-state index in [2.05, 4.69) is 9.97 Å². The Labute approximate surface area is 166 Å². The Morgan fingerprint density at radius 2 is 2.07 bits per heavy atom. The fourth-order valence-corrected chi connectivity index (χ4v) is 4.68. The highest BCUT2D eigenvalue weighted by molar-refractivity contribution is 7.22. The van der Waals surface area contributed by atoms with E-state index in [9.17, 15) is 18.0 Å². The number of thiazole rings is 2. The smallest absolute Gasteiger partial charge is 0.381 e. The number of halogens is 3. The second-order valence-corrected chi connectivity index (χ2v) is 8.44. The molecule has 1 fully saturated rings. The molecule has 0 atom stereocenters. The summed E-state index contributed by atoms with van der Waals surface area (Å²) in [6.07, 6.45) is -1.48. The maximum absolute atomic E-state index is 13.2. The first-order valence-electron chi connectivity index (χ1n) is 8.66. The molecular weight excluding hydrogens is 411 g/mol. The summed E-state index contributed by atoms with van der Waals surface area (Å²) in [7, 11) is 0. The minimum Gasteiger partial charge on any atom is -0.381 e. The normalized spacial score (nSPS) is 15.8. The average molecular weight is 427 g/mol. The summed E-state index contributed by atoms with van der Waals surface area (Å²) in [4.78, 5) is 24.1. The molecule has 5 nitrogen and oxygen atoms in total. The average Bonchev–Trinajstić information content (AvgIpc) is 3.34. The fraction of sp³-hybridized carbons (Fsp3) is 0.389. The van der Waals surface area contributed by atoms with Crippen molar-refractivity contribution in [1.82, 2.24) is 9.97 Å². The topological polar surface area (TPSA) is 55.3 Å². The van der Waals surface area contributed by atoms with Gasteiger partial charge in [0.25, 0.3) is 0 Å². The van der Waals surface area contributed by atoms with Crippen molar-refractivity contribution in [3.05, 3.63) is 40.3 Å². The summed E-state index contributed by atoms with van der Waals surface area (Å²) in [5, 5.41) is 0.402. The molecule has 1 saturated heterocycles. The first-order chi connectivity index (χ1) is 13.4. The van der Waals surface area contributed by atoms with Crippen LogP contribution in [0.2, 0.25) is 0 Å². The van der Waals surface area contributed by atoms with Crippen LogP contribution in [-0.4, -0.2) is 29.1 Å². The van der Waals surface area contributed by atoms with Gasteiger partial charge in [0.1, 0.15) is 0 Å². The van der Waals surface area contributed by atoms with E-state index < -0.39 is 11.7 Å². The number of fused-ring (bicyclic) bond motifs is 1. The highest BCUT2D eigenvalue weighted by Crippen LogP contribution is 2.36. The van der Waals surface area contributed by atoms with E-state index in [1.54, 1.807) is 16.6 Å². The third-order valence-electron chi connectivity index (χ3n) is 4.57. The van der Waals surface area contributed by atoms with Crippen LogP contribution in [0, 0.1) is 5.92 Å². The number of ether oxygens (including phenoxy) is 1. The summed E-state index contributed by atoms with van der Waals surface area (Å²) < 4.78 is 44.8. The van der Waals surface area contributed by atoms with Crippen LogP contribution in [0.15, 0.2) is 29.9 Å². The number of benzene rings is 1. The molecule has 10 heteroatoms. The molecule has 148 valence electrons. The number of carbonyl (C=O) groups excluding carboxylic acids is 1. The molecule has 3 aromatic rings. The number of alkyl halides is 3. The first kappa shape index (κ1) is 19.3. The van der Waals surface area contributed by atoms with Gasteiger partial charge in [-0.2, -0.15) is 13.2 Å². The van der Waals surface area contributed by atoms with Crippen molar-refractivity contribution < 1.29 is 22.7 Å². The largest absolute Gasteiger partial charge is 0.416 e. The summed E-state index contributed by atoms with van der Waals surface area (Å²) in [5.41, 5.74) is 1.41. The van der Waals surface area contributed by atoms with E-state index in [0.29, 0.717) is 47.9 Å². The summed E-state index contributed by atoms with van der Waals surface area (Å²) in [6, 6.07) is 3.45. The van der Waals surface area contributed by atoms with Crippen molar-refractivity contribution in [3.8, 4) is 0 Å². The number of hydrogen-bond acceptors (Lipinski definition) is 6. The molecule has 2 aromatic heterocycles. The quantitative estimate of drug-likeness (QED) is 0.604. The third kappa shape index (κ3) is 4.03. The predicted octanol–water partition coefficient (Wildman–Crippen LogP) is 4.73. The molecule has 1 aliphatic heterocycles. The Balaban J connectivity index is 1.69. The minimum atomic E-state index is -4.42. The number of amides is 1. The van der Waals surface area contributed by atoms with Crippen LogP contribution in [0.1, 0.15) is 23.3 Å².